The van der Waals surface area contributed by atoms with Crippen LogP contribution in [0.4, 0.5) is 5.69 Å². The summed E-state index contributed by atoms with van der Waals surface area (Å²) >= 11 is 0. The van der Waals surface area contributed by atoms with Gasteiger partial charge in [-0.1, -0.05) is 12.1 Å². The van der Waals surface area contributed by atoms with Crippen LogP contribution in [0.15, 0.2) is 53.4 Å². The number of carbonyl (C=O) groups is 1. The summed E-state index contributed by atoms with van der Waals surface area (Å²) in [5, 5.41) is 10.5. The molecule has 0 aliphatic heterocycles. The van der Waals surface area contributed by atoms with E-state index in [0.717, 1.165) is 24.3 Å². The summed E-state index contributed by atoms with van der Waals surface area (Å²) in [5.41, 5.74) is 0.0916. The standard InChI is InChI=1S/C14H11NO6S/c1-10(16)11-3-2-4-13(9-11)21-22(19,20)14-7-5-12(6-8-14)15(17)18/h2-9H,1H3. The largest absolute Gasteiger partial charge is 0.379 e. The van der Waals surface area contributed by atoms with Crippen molar-refractivity contribution >= 4 is 21.6 Å². The van der Waals surface area contributed by atoms with E-state index in [2.05, 4.69) is 0 Å². The lowest BCUT2D eigenvalue weighted by Crippen LogP contribution is -2.10. The first-order valence-corrected chi connectivity index (χ1v) is 7.50. The summed E-state index contributed by atoms with van der Waals surface area (Å²) in [7, 11) is -4.13. The van der Waals surface area contributed by atoms with Crippen molar-refractivity contribution in [2.24, 2.45) is 0 Å². The number of non-ortho nitro benzene ring substituents is 1. The lowest BCUT2D eigenvalue weighted by atomic mass is 10.1. The molecule has 7 nitrogen and oxygen atoms in total. The number of rotatable bonds is 5. The van der Waals surface area contributed by atoms with E-state index in [9.17, 15) is 23.3 Å². The molecule has 0 N–H and O–H groups in total. The van der Waals surface area contributed by atoms with Crippen molar-refractivity contribution in [3.8, 4) is 5.75 Å². The minimum absolute atomic E-state index is 0.00828. The first-order valence-electron chi connectivity index (χ1n) is 6.09. The quantitative estimate of drug-likeness (QED) is 0.363. The van der Waals surface area contributed by atoms with Gasteiger partial charge in [-0.2, -0.15) is 8.42 Å². The molecule has 0 aromatic heterocycles. The monoisotopic (exact) mass is 321 g/mol. The minimum atomic E-state index is -4.13. The fraction of sp³-hybridized carbons (Fsp3) is 0.0714. The zero-order chi connectivity index (χ0) is 16.3. The van der Waals surface area contributed by atoms with Gasteiger partial charge in [0.15, 0.2) is 5.78 Å². The molecule has 2 rings (SSSR count). The van der Waals surface area contributed by atoms with E-state index < -0.39 is 15.0 Å². The molecule has 0 saturated heterocycles. The van der Waals surface area contributed by atoms with Crippen molar-refractivity contribution in [3.63, 3.8) is 0 Å². The molecule has 8 heteroatoms. The van der Waals surface area contributed by atoms with Crippen LogP contribution in [0.1, 0.15) is 17.3 Å². The second kappa shape index (κ2) is 5.94. The van der Waals surface area contributed by atoms with Gasteiger partial charge in [0.25, 0.3) is 5.69 Å². The van der Waals surface area contributed by atoms with Gasteiger partial charge >= 0.3 is 10.1 Å². The third-order valence-electron chi connectivity index (χ3n) is 2.78. The summed E-state index contributed by atoms with van der Waals surface area (Å²) < 4.78 is 29.1. The molecule has 0 aliphatic rings. The van der Waals surface area contributed by atoms with Gasteiger partial charge in [0.2, 0.25) is 0 Å². The van der Waals surface area contributed by atoms with E-state index in [1.807, 2.05) is 0 Å². The normalized spacial score (nSPS) is 11.0. The smallest absolute Gasteiger partial charge is 0.339 e. The Morgan fingerprint density at radius 1 is 1.14 bits per heavy atom. The Hall–Kier alpha value is -2.74. The summed E-state index contributed by atoms with van der Waals surface area (Å²) in [5.74, 6) is -0.232. The molecule has 0 aliphatic carbocycles. The molecule has 0 saturated carbocycles. The van der Waals surface area contributed by atoms with Crippen molar-refractivity contribution in [1.82, 2.24) is 0 Å². The average Bonchev–Trinajstić information content (AvgIpc) is 2.47. The van der Waals surface area contributed by atoms with Crippen LogP contribution in [0, 0.1) is 10.1 Å². The molecule has 0 amide bonds. The number of ketones is 1. The van der Waals surface area contributed by atoms with Crippen molar-refractivity contribution in [1.29, 1.82) is 0 Å². The maximum absolute atomic E-state index is 12.1. The molecular weight excluding hydrogens is 310 g/mol. The van der Waals surface area contributed by atoms with Gasteiger partial charge in [0, 0.05) is 17.7 Å². The van der Waals surface area contributed by atoms with Crippen LogP contribution in [-0.4, -0.2) is 19.1 Å². The molecule has 22 heavy (non-hydrogen) atoms. The van der Waals surface area contributed by atoms with E-state index >= 15 is 0 Å². The molecule has 0 bridgehead atoms. The maximum Gasteiger partial charge on any atom is 0.339 e. The summed E-state index contributed by atoms with van der Waals surface area (Å²) in [6, 6.07) is 10.1. The molecule has 0 unspecified atom stereocenters. The second-order valence-electron chi connectivity index (χ2n) is 4.37. The van der Waals surface area contributed by atoms with E-state index in [0.29, 0.717) is 5.56 Å². The molecule has 114 valence electrons. The van der Waals surface area contributed by atoms with E-state index in [1.54, 1.807) is 0 Å². The summed E-state index contributed by atoms with van der Waals surface area (Å²) in [6.07, 6.45) is 0. The van der Waals surface area contributed by atoms with E-state index in [-0.39, 0.29) is 22.1 Å². The number of nitro groups is 1. The molecule has 0 radical (unpaired) electrons. The van der Waals surface area contributed by atoms with Gasteiger partial charge in [0.05, 0.1) is 4.92 Å². The number of benzene rings is 2. The highest BCUT2D eigenvalue weighted by atomic mass is 32.2. The minimum Gasteiger partial charge on any atom is -0.379 e. The van der Waals surface area contributed by atoms with Crippen molar-refractivity contribution in [2.75, 3.05) is 0 Å². The summed E-state index contributed by atoms with van der Waals surface area (Å²) in [4.78, 5) is 21.0. The summed E-state index contributed by atoms with van der Waals surface area (Å²) in [6.45, 7) is 1.35. The lowest BCUT2D eigenvalue weighted by molar-refractivity contribution is -0.384. The van der Waals surface area contributed by atoms with Crippen LogP contribution in [0.2, 0.25) is 0 Å². The van der Waals surface area contributed by atoms with Crippen LogP contribution in [-0.2, 0) is 10.1 Å². The number of hydrogen-bond donors (Lipinski definition) is 0. The third-order valence-corrected chi connectivity index (χ3v) is 4.04. The van der Waals surface area contributed by atoms with Gasteiger partial charge in [0.1, 0.15) is 10.6 Å². The van der Waals surface area contributed by atoms with Crippen molar-refractivity contribution < 1.29 is 22.3 Å². The second-order valence-corrected chi connectivity index (χ2v) is 5.92. The Morgan fingerprint density at radius 2 is 1.77 bits per heavy atom. The Kier molecular flexibility index (Phi) is 4.22. The van der Waals surface area contributed by atoms with Crippen LogP contribution >= 0.6 is 0 Å². The Morgan fingerprint density at radius 3 is 2.32 bits per heavy atom. The maximum atomic E-state index is 12.1. The zero-order valence-corrected chi connectivity index (χ0v) is 12.2. The molecule has 2 aromatic rings. The van der Waals surface area contributed by atoms with Crippen LogP contribution < -0.4 is 4.18 Å². The van der Waals surface area contributed by atoms with Gasteiger partial charge in [-0.15, -0.1) is 0 Å². The first-order chi connectivity index (χ1) is 10.3. The van der Waals surface area contributed by atoms with Crippen molar-refractivity contribution in [2.45, 2.75) is 11.8 Å². The highest BCUT2D eigenvalue weighted by Gasteiger charge is 2.18. The average molecular weight is 321 g/mol. The van der Waals surface area contributed by atoms with Crippen LogP contribution in [0.25, 0.3) is 0 Å². The number of carbonyl (C=O) groups excluding carboxylic acids is 1. The number of nitro benzene ring substituents is 1. The number of nitrogens with zero attached hydrogens (tertiary/aromatic N) is 1. The highest BCUT2D eigenvalue weighted by Crippen LogP contribution is 2.22. The fourth-order valence-corrected chi connectivity index (χ4v) is 2.60. The van der Waals surface area contributed by atoms with Gasteiger partial charge in [-0.3, -0.25) is 14.9 Å². The van der Waals surface area contributed by atoms with Crippen LogP contribution in [0.5, 0.6) is 5.75 Å². The Bertz CT molecular complexity index is 827. The first kappa shape index (κ1) is 15.6. The van der Waals surface area contributed by atoms with E-state index in [1.165, 1.54) is 31.2 Å². The SMILES string of the molecule is CC(=O)c1cccc(OS(=O)(=O)c2ccc([N+](=O)[O-])cc2)c1. The molecule has 0 heterocycles. The molecular formula is C14H11NO6S. The predicted octanol–water partition coefficient (Wildman–Crippen LogP) is 2.57. The van der Waals surface area contributed by atoms with Gasteiger partial charge in [-0.05, 0) is 31.2 Å². The Balaban J connectivity index is 2.29. The molecule has 0 spiro atoms. The van der Waals surface area contributed by atoms with Crippen molar-refractivity contribution in [3.05, 3.63) is 64.2 Å². The highest BCUT2D eigenvalue weighted by molar-refractivity contribution is 7.87. The molecule has 0 fully saturated rings. The fourth-order valence-electron chi connectivity index (χ4n) is 1.68. The lowest BCUT2D eigenvalue weighted by Gasteiger charge is -2.07. The van der Waals surface area contributed by atoms with E-state index in [4.69, 9.17) is 4.18 Å². The van der Waals surface area contributed by atoms with Gasteiger partial charge < -0.3 is 4.18 Å². The number of hydrogen-bond acceptors (Lipinski definition) is 6. The zero-order valence-electron chi connectivity index (χ0n) is 11.4. The molecule has 0 atom stereocenters. The third kappa shape index (κ3) is 3.47. The van der Waals surface area contributed by atoms with Crippen LogP contribution in [0.3, 0.4) is 0 Å². The topological polar surface area (TPSA) is 104 Å². The molecule has 2 aromatic carbocycles. The Labute approximate surface area is 126 Å². The van der Waals surface area contributed by atoms with Gasteiger partial charge in [-0.25, -0.2) is 0 Å². The predicted molar refractivity (Wildman–Crippen MR) is 77.4 cm³/mol. The number of Topliss-reactive ketones (excluding diaryl/α,β-unsaturated/α-hetero) is 1.